The first-order valence-electron chi connectivity index (χ1n) is 33.5. The summed E-state index contributed by atoms with van der Waals surface area (Å²) in [5.41, 5.74) is 28.0. The van der Waals surface area contributed by atoms with Gasteiger partial charge in [0.1, 0.15) is 11.6 Å². The van der Waals surface area contributed by atoms with Crippen molar-refractivity contribution in [1.29, 1.82) is 0 Å². The number of nitrogens with zero attached hydrogens (tertiary/aromatic N) is 6. The molecular formula is C92H66N6. The zero-order valence-corrected chi connectivity index (χ0v) is 54.1. The molecule has 0 fully saturated rings. The van der Waals surface area contributed by atoms with E-state index in [4.69, 9.17) is 9.97 Å². The van der Waals surface area contributed by atoms with Gasteiger partial charge in [0.15, 0.2) is 0 Å². The fraction of sp³-hybridized carbons (Fsp3) is 0.0217. The monoisotopic (exact) mass is 1250 g/mol. The van der Waals surface area contributed by atoms with Crippen molar-refractivity contribution in [3.8, 4) is 78.7 Å². The number of hydrogen-bond acceptors (Lipinski definition) is 4. The Labute approximate surface area is 571 Å². The van der Waals surface area contributed by atoms with E-state index < -0.39 is 0 Å². The summed E-state index contributed by atoms with van der Waals surface area (Å²) in [5, 5.41) is 2.39. The third kappa shape index (κ3) is 11.6. The van der Waals surface area contributed by atoms with Crippen LogP contribution < -0.4 is 9.80 Å². The molecule has 0 saturated carbocycles. The molecule has 6 nitrogen and oxygen atoms in total. The van der Waals surface area contributed by atoms with Crippen molar-refractivity contribution in [2.24, 2.45) is 0 Å². The van der Waals surface area contributed by atoms with Crippen molar-refractivity contribution in [3.63, 3.8) is 0 Å². The zero-order chi connectivity index (χ0) is 65.3. The van der Waals surface area contributed by atoms with Crippen LogP contribution in [-0.2, 0) is 6.42 Å². The number of rotatable bonds is 16. The lowest BCUT2D eigenvalue weighted by Crippen LogP contribution is -2.11. The second-order valence-electron chi connectivity index (χ2n) is 25.1. The second-order valence-corrected chi connectivity index (χ2v) is 25.1. The molecule has 15 aromatic carbocycles. The van der Waals surface area contributed by atoms with Crippen LogP contribution in [0.25, 0.3) is 111 Å². The Morgan fingerprint density at radius 1 is 0.265 bits per heavy atom. The van der Waals surface area contributed by atoms with Gasteiger partial charge in [0, 0.05) is 56.3 Å². The van der Waals surface area contributed by atoms with Gasteiger partial charge in [-0.15, -0.1) is 0 Å². The van der Waals surface area contributed by atoms with Crippen molar-refractivity contribution in [1.82, 2.24) is 19.1 Å². The third-order valence-electron chi connectivity index (χ3n) is 18.9. The quantitative estimate of drug-likeness (QED) is 0.0967. The molecule has 0 amide bonds. The first-order chi connectivity index (χ1) is 48.5. The summed E-state index contributed by atoms with van der Waals surface area (Å²) in [6.45, 7) is 2.14. The molecule has 464 valence electrons. The van der Waals surface area contributed by atoms with Gasteiger partial charge in [-0.1, -0.05) is 260 Å². The van der Waals surface area contributed by atoms with Gasteiger partial charge in [0.2, 0.25) is 0 Å². The Morgan fingerprint density at radius 3 is 1.09 bits per heavy atom. The molecular weight excluding hydrogens is 1190 g/mol. The summed E-state index contributed by atoms with van der Waals surface area (Å²) in [7, 11) is 0. The number of hydrogen-bond donors (Lipinski definition) is 0. The molecule has 0 unspecified atom stereocenters. The van der Waals surface area contributed by atoms with Gasteiger partial charge in [0.05, 0.1) is 27.8 Å². The van der Waals surface area contributed by atoms with E-state index in [1.165, 1.54) is 27.5 Å². The van der Waals surface area contributed by atoms with Crippen LogP contribution in [0.2, 0.25) is 0 Å². The lowest BCUT2D eigenvalue weighted by atomic mass is 9.99. The van der Waals surface area contributed by atoms with E-state index >= 15 is 0 Å². The van der Waals surface area contributed by atoms with E-state index in [1.54, 1.807) is 0 Å². The van der Waals surface area contributed by atoms with Gasteiger partial charge >= 0.3 is 0 Å². The fourth-order valence-corrected chi connectivity index (χ4v) is 13.8. The van der Waals surface area contributed by atoms with Crippen LogP contribution in [0.1, 0.15) is 16.7 Å². The molecule has 17 rings (SSSR count). The highest BCUT2D eigenvalue weighted by Gasteiger charge is 2.20. The molecule has 98 heavy (non-hydrogen) atoms. The van der Waals surface area contributed by atoms with E-state index in [0.717, 1.165) is 141 Å². The Balaban J connectivity index is 0.602. The Bertz CT molecular complexity index is 5640. The molecule has 17 aromatic rings. The van der Waals surface area contributed by atoms with Crippen molar-refractivity contribution in [2.75, 3.05) is 9.80 Å². The summed E-state index contributed by atoms with van der Waals surface area (Å²) in [6.07, 6.45) is 0.773. The summed E-state index contributed by atoms with van der Waals surface area (Å²) < 4.78 is 4.50. The second kappa shape index (κ2) is 25.8. The molecule has 0 radical (unpaired) electrons. The lowest BCUT2D eigenvalue weighted by Gasteiger charge is -2.27. The predicted octanol–water partition coefficient (Wildman–Crippen LogP) is 24.4. The van der Waals surface area contributed by atoms with Crippen molar-refractivity contribution < 1.29 is 0 Å². The molecule has 0 atom stereocenters. The van der Waals surface area contributed by atoms with Gasteiger partial charge in [-0.2, -0.15) is 0 Å². The molecule has 6 heteroatoms. The number of fused-ring (bicyclic) bond motifs is 3. The predicted molar refractivity (Wildman–Crippen MR) is 409 cm³/mol. The van der Waals surface area contributed by atoms with Crippen LogP contribution in [0.4, 0.5) is 34.1 Å². The number of anilines is 6. The first kappa shape index (κ1) is 58.9. The normalized spacial score (nSPS) is 11.4. The highest BCUT2D eigenvalue weighted by Crippen LogP contribution is 2.42. The van der Waals surface area contributed by atoms with E-state index in [1.807, 2.05) is 12.1 Å². The molecule has 0 N–H and O–H groups in total. The van der Waals surface area contributed by atoms with Crippen molar-refractivity contribution in [2.45, 2.75) is 13.3 Å². The van der Waals surface area contributed by atoms with Crippen LogP contribution in [0.5, 0.6) is 0 Å². The highest BCUT2D eigenvalue weighted by atomic mass is 15.2. The van der Waals surface area contributed by atoms with Gasteiger partial charge in [-0.3, -0.25) is 9.13 Å². The zero-order valence-electron chi connectivity index (χ0n) is 54.1. The average Bonchev–Trinajstić information content (AvgIpc) is 1.32. The number of aromatic nitrogens is 4. The number of aryl methyl sites for hydroxylation is 1. The largest absolute Gasteiger partial charge is 0.311 e. The maximum atomic E-state index is 5.10. The fourth-order valence-electron chi connectivity index (χ4n) is 13.8. The molecule has 0 aliphatic heterocycles. The van der Waals surface area contributed by atoms with Gasteiger partial charge < -0.3 is 9.80 Å². The van der Waals surface area contributed by atoms with Crippen molar-refractivity contribution >= 4 is 67.0 Å². The highest BCUT2D eigenvalue weighted by molar-refractivity contribution is 5.99. The maximum absolute atomic E-state index is 5.10. The summed E-state index contributed by atoms with van der Waals surface area (Å²) in [6, 6.07) is 133. The molecule has 2 heterocycles. The number of imidazole rings is 2. The third-order valence-corrected chi connectivity index (χ3v) is 18.9. The van der Waals surface area contributed by atoms with E-state index in [9.17, 15) is 0 Å². The van der Waals surface area contributed by atoms with Gasteiger partial charge in [0.25, 0.3) is 0 Å². The minimum Gasteiger partial charge on any atom is -0.311 e. The first-order valence-corrected chi connectivity index (χ1v) is 33.5. The minimum atomic E-state index is 0.773. The lowest BCUT2D eigenvalue weighted by molar-refractivity contribution is 1.10. The standard InChI is InChI=1S/C92H66N6/c1-64-30-54-80(55-31-64)95(82-58-50-73(51-59-82)69-38-34-67(35-39-69)71-42-46-76(47-43-71)91-93-86-25-10-12-27-89(86)97(91)78-19-4-2-5-20-78)81-56-32-65(33-57-81)62-66-16-14-23-84(63-66)96(88-29-15-18-75-17-8-9-24-85(75)88)83-60-52-74(53-61-83)70-40-36-68(37-41-70)72-44-48-77(49-45-72)92-94-87-26-11-13-28-90(87)98(92)79-21-6-3-7-22-79/h2-61,63H,62H2,1H3. The summed E-state index contributed by atoms with van der Waals surface area (Å²) in [4.78, 5) is 14.9. The Morgan fingerprint density at radius 2 is 0.622 bits per heavy atom. The summed E-state index contributed by atoms with van der Waals surface area (Å²) >= 11 is 0. The van der Waals surface area contributed by atoms with Crippen LogP contribution in [0, 0.1) is 6.92 Å². The molecule has 0 saturated heterocycles. The summed E-state index contributed by atoms with van der Waals surface area (Å²) in [5.74, 6) is 1.85. The molecule has 0 aliphatic carbocycles. The molecule has 0 aliphatic rings. The Hall–Kier alpha value is -12.9. The van der Waals surface area contributed by atoms with E-state index in [-0.39, 0.29) is 0 Å². The topological polar surface area (TPSA) is 42.1 Å². The number of para-hydroxylation sites is 6. The van der Waals surface area contributed by atoms with E-state index in [0.29, 0.717) is 0 Å². The van der Waals surface area contributed by atoms with Gasteiger partial charge in [-0.25, -0.2) is 9.97 Å². The Kier molecular flexibility index (Phi) is 15.5. The molecule has 0 bridgehead atoms. The average molecular weight is 1260 g/mol. The van der Waals surface area contributed by atoms with Crippen LogP contribution in [-0.4, -0.2) is 19.1 Å². The van der Waals surface area contributed by atoms with E-state index in [2.05, 4.69) is 384 Å². The SMILES string of the molecule is Cc1ccc(N(c2ccc(Cc3cccc(N(c4ccc(-c5ccc(-c6ccc(-c7nc8ccccc8n7-c7ccccc7)cc6)cc5)cc4)c4cccc5ccccc45)c3)cc2)c2ccc(-c3ccc(-c4ccc(-c5nc6ccccc6n5-c5ccccc5)cc4)cc3)cc2)cc1. The van der Waals surface area contributed by atoms with Crippen molar-refractivity contribution in [3.05, 3.63) is 387 Å². The minimum absolute atomic E-state index is 0.773. The van der Waals surface area contributed by atoms with Crippen LogP contribution in [0.3, 0.4) is 0 Å². The smallest absolute Gasteiger partial charge is 0.145 e. The molecule has 2 aromatic heterocycles. The van der Waals surface area contributed by atoms with Crippen LogP contribution >= 0.6 is 0 Å². The molecule has 0 spiro atoms. The number of benzene rings is 15. The van der Waals surface area contributed by atoms with Crippen LogP contribution in [0.15, 0.2) is 370 Å². The van der Waals surface area contributed by atoms with Gasteiger partial charge in [-0.05, 0) is 190 Å². The maximum Gasteiger partial charge on any atom is 0.145 e.